The summed E-state index contributed by atoms with van der Waals surface area (Å²) in [5, 5.41) is 19.5. The van der Waals surface area contributed by atoms with E-state index in [1.54, 1.807) is 42.5 Å². The van der Waals surface area contributed by atoms with Gasteiger partial charge in [-0.15, -0.1) is 6.58 Å². The predicted octanol–water partition coefficient (Wildman–Crippen LogP) is 3.75. The van der Waals surface area contributed by atoms with E-state index in [9.17, 15) is 19.7 Å². The summed E-state index contributed by atoms with van der Waals surface area (Å²) in [6, 6.07) is 10.7. The molecule has 9 nitrogen and oxygen atoms in total. The summed E-state index contributed by atoms with van der Waals surface area (Å²) in [7, 11) is 0. The molecule has 1 aliphatic heterocycles. The molecule has 0 saturated carbocycles. The average Bonchev–Trinajstić information content (AvgIpc) is 3.28. The molecule has 2 aromatic carbocycles. The van der Waals surface area contributed by atoms with Gasteiger partial charge < -0.3 is 20.9 Å². The van der Waals surface area contributed by atoms with Crippen LogP contribution < -0.4 is 20.9 Å². The minimum absolute atomic E-state index is 0.0744. The summed E-state index contributed by atoms with van der Waals surface area (Å²) >= 11 is 0. The van der Waals surface area contributed by atoms with Crippen molar-refractivity contribution in [1.82, 2.24) is 5.32 Å². The SMILES string of the molecule is C=CCNC(=O)Nc1ccc(NC(=O)c2ccc(N3CCCC3)c([N+](=O)[O-])c2)cc1. The van der Waals surface area contributed by atoms with Crippen LogP contribution >= 0.6 is 0 Å². The molecule has 1 aliphatic rings. The smallest absolute Gasteiger partial charge is 0.319 e. The first-order valence-electron chi connectivity index (χ1n) is 9.58. The predicted molar refractivity (Wildman–Crippen MR) is 116 cm³/mol. The highest BCUT2D eigenvalue weighted by Gasteiger charge is 2.23. The van der Waals surface area contributed by atoms with E-state index in [0.29, 0.717) is 23.6 Å². The Labute approximate surface area is 173 Å². The van der Waals surface area contributed by atoms with Crippen molar-refractivity contribution in [2.75, 3.05) is 35.2 Å². The van der Waals surface area contributed by atoms with Gasteiger partial charge in [-0.3, -0.25) is 14.9 Å². The van der Waals surface area contributed by atoms with Crippen molar-refractivity contribution in [2.45, 2.75) is 12.8 Å². The summed E-state index contributed by atoms with van der Waals surface area (Å²) in [6.45, 7) is 5.42. The van der Waals surface area contributed by atoms with Gasteiger partial charge in [0.25, 0.3) is 11.6 Å². The highest BCUT2D eigenvalue weighted by molar-refractivity contribution is 6.05. The van der Waals surface area contributed by atoms with Gasteiger partial charge in [-0.05, 0) is 49.2 Å². The summed E-state index contributed by atoms with van der Waals surface area (Å²) in [5.41, 5.74) is 1.73. The third-order valence-corrected chi connectivity index (χ3v) is 4.69. The van der Waals surface area contributed by atoms with Crippen molar-refractivity contribution in [3.63, 3.8) is 0 Å². The molecule has 0 unspecified atom stereocenters. The van der Waals surface area contributed by atoms with Gasteiger partial charge >= 0.3 is 6.03 Å². The Morgan fingerprint density at radius 1 is 1.07 bits per heavy atom. The molecule has 1 fully saturated rings. The molecule has 0 bridgehead atoms. The lowest BCUT2D eigenvalue weighted by Gasteiger charge is -2.17. The highest BCUT2D eigenvalue weighted by atomic mass is 16.6. The number of urea groups is 1. The number of hydrogen-bond donors (Lipinski definition) is 3. The van der Waals surface area contributed by atoms with E-state index in [-0.39, 0.29) is 17.3 Å². The molecule has 9 heteroatoms. The van der Waals surface area contributed by atoms with Crippen molar-refractivity contribution < 1.29 is 14.5 Å². The van der Waals surface area contributed by atoms with Crippen molar-refractivity contribution in [2.24, 2.45) is 0 Å². The summed E-state index contributed by atoms with van der Waals surface area (Å²) in [4.78, 5) is 37.2. The van der Waals surface area contributed by atoms with Crippen LogP contribution in [-0.4, -0.2) is 36.5 Å². The first kappa shape index (κ1) is 20.8. The van der Waals surface area contributed by atoms with E-state index >= 15 is 0 Å². The van der Waals surface area contributed by atoms with E-state index in [2.05, 4.69) is 22.5 Å². The molecular formula is C21H23N5O4. The van der Waals surface area contributed by atoms with Crippen molar-refractivity contribution in [3.05, 3.63) is 70.8 Å². The molecule has 3 amide bonds. The Hall–Kier alpha value is -3.88. The van der Waals surface area contributed by atoms with Crippen molar-refractivity contribution >= 4 is 34.7 Å². The van der Waals surface area contributed by atoms with E-state index in [4.69, 9.17) is 0 Å². The van der Waals surface area contributed by atoms with Crippen LogP contribution in [-0.2, 0) is 0 Å². The van der Waals surface area contributed by atoms with Gasteiger partial charge in [0.05, 0.1) is 4.92 Å². The van der Waals surface area contributed by atoms with Crippen LogP contribution in [0.5, 0.6) is 0 Å². The van der Waals surface area contributed by atoms with Crippen molar-refractivity contribution in [1.29, 1.82) is 0 Å². The van der Waals surface area contributed by atoms with Crippen LogP contribution in [0.15, 0.2) is 55.1 Å². The maximum absolute atomic E-state index is 12.6. The molecule has 0 aromatic heterocycles. The number of nitrogens with one attached hydrogen (secondary N) is 3. The van der Waals surface area contributed by atoms with E-state index in [0.717, 1.165) is 25.9 Å². The molecule has 0 atom stereocenters. The Morgan fingerprint density at radius 2 is 1.70 bits per heavy atom. The fourth-order valence-corrected chi connectivity index (χ4v) is 3.22. The molecule has 0 radical (unpaired) electrons. The number of nitrogens with zero attached hydrogens (tertiary/aromatic N) is 2. The number of carbonyl (C=O) groups is 2. The zero-order valence-corrected chi connectivity index (χ0v) is 16.4. The number of nitro benzene ring substituents is 1. The molecular weight excluding hydrogens is 386 g/mol. The standard InChI is InChI=1S/C21H23N5O4/c1-2-11-22-21(28)24-17-8-6-16(7-9-17)23-20(27)15-5-10-18(19(14-15)26(29)30)25-12-3-4-13-25/h2,5-10,14H,1,3-4,11-13H2,(H,23,27)(H2,22,24,28). The second-order valence-electron chi connectivity index (χ2n) is 6.81. The first-order chi connectivity index (χ1) is 14.5. The first-order valence-corrected chi connectivity index (χ1v) is 9.58. The second-order valence-corrected chi connectivity index (χ2v) is 6.81. The number of rotatable bonds is 7. The molecule has 0 spiro atoms. The number of amides is 3. The Bertz CT molecular complexity index is 952. The van der Waals surface area contributed by atoms with Gasteiger partial charge in [-0.25, -0.2) is 4.79 Å². The van der Waals surface area contributed by atoms with Crippen LogP contribution in [0.25, 0.3) is 0 Å². The van der Waals surface area contributed by atoms with Crippen LogP contribution in [0.4, 0.5) is 27.5 Å². The highest BCUT2D eigenvalue weighted by Crippen LogP contribution is 2.32. The topological polar surface area (TPSA) is 117 Å². The molecule has 3 rings (SSSR count). The lowest BCUT2D eigenvalue weighted by atomic mass is 10.1. The van der Waals surface area contributed by atoms with Gasteiger partial charge in [-0.2, -0.15) is 0 Å². The van der Waals surface area contributed by atoms with Crippen LogP contribution in [0, 0.1) is 10.1 Å². The minimum atomic E-state index is -0.456. The summed E-state index contributed by atoms with van der Waals surface area (Å²) in [5.74, 6) is -0.449. The largest absolute Gasteiger partial charge is 0.366 e. The van der Waals surface area contributed by atoms with Crippen molar-refractivity contribution in [3.8, 4) is 0 Å². The minimum Gasteiger partial charge on any atom is -0.366 e. The average molecular weight is 409 g/mol. The number of benzene rings is 2. The lowest BCUT2D eigenvalue weighted by molar-refractivity contribution is -0.384. The molecule has 1 saturated heterocycles. The Kier molecular flexibility index (Phi) is 6.63. The number of hydrogen-bond acceptors (Lipinski definition) is 5. The van der Waals surface area contributed by atoms with Crippen LogP contribution in [0.1, 0.15) is 23.2 Å². The normalized spacial score (nSPS) is 12.9. The lowest BCUT2D eigenvalue weighted by Crippen LogP contribution is -2.28. The quantitative estimate of drug-likeness (QED) is 0.366. The summed E-state index contributed by atoms with van der Waals surface area (Å²) < 4.78 is 0. The van der Waals surface area contributed by atoms with E-state index in [1.807, 2.05) is 4.90 Å². The van der Waals surface area contributed by atoms with Crippen LogP contribution in [0.2, 0.25) is 0 Å². The maximum atomic E-state index is 12.6. The molecule has 2 aromatic rings. The fraction of sp³-hybridized carbons (Fsp3) is 0.238. The van der Waals surface area contributed by atoms with Crippen LogP contribution in [0.3, 0.4) is 0 Å². The van der Waals surface area contributed by atoms with Gasteiger partial charge in [0.2, 0.25) is 0 Å². The third kappa shape index (κ3) is 5.13. The maximum Gasteiger partial charge on any atom is 0.319 e. The molecule has 30 heavy (non-hydrogen) atoms. The molecule has 3 N–H and O–H groups in total. The van der Waals surface area contributed by atoms with E-state index < -0.39 is 10.8 Å². The number of anilines is 3. The molecule has 0 aliphatic carbocycles. The zero-order chi connectivity index (χ0) is 21.5. The van der Waals surface area contributed by atoms with Gasteiger partial charge in [0.1, 0.15) is 5.69 Å². The summed E-state index contributed by atoms with van der Waals surface area (Å²) in [6.07, 6.45) is 3.57. The third-order valence-electron chi connectivity index (χ3n) is 4.69. The Morgan fingerprint density at radius 3 is 2.30 bits per heavy atom. The monoisotopic (exact) mass is 409 g/mol. The van der Waals surface area contributed by atoms with Gasteiger partial charge in [0.15, 0.2) is 0 Å². The fourth-order valence-electron chi connectivity index (χ4n) is 3.22. The molecule has 156 valence electrons. The van der Waals surface area contributed by atoms with Gasteiger partial charge in [-0.1, -0.05) is 6.08 Å². The van der Waals surface area contributed by atoms with Gasteiger partial charge in [0, 0.05) is 42.6 Å². The molecule has 1 heterocycles. The number of nitro groups is 1. The number of carbonyl (C=O) groups excluding carboxylic acids is 2. The van der Waals surface area contributed by atoms with E-state index in [1.165, 1.54) is 6.07 Å². The second kappa shape index (κ2) is 9.55. The Balaban J connectivity index is 1.68. The zero-order valence-electron chi connectivity index (χ0n) is 16.4.